The van der Waals surface area contributed by atoms with E-state index in [2.05, 4.69) is 118 Å². The molecule has 43 heavy (non-hydrogen) atoms. The van der Waals surface area contributed by atoms with E-state index in [-0.39, 0.29) is 0 Å². The number of hydrogen-bond acceptors (Lipinski definition) is 4. The number of pyridine rings is 4. The number of fused-ring (bicyclic) bond motifs is 3. The van der Waals surface area contributed by atoms with Gasteiger partial charge in [0, 0.05) is 46.7 Å². The number of aromatic nitrogens is 5. The molecule has 0 aliphatic rings. The zero-order valence-electron chi connectivity index (χ0n) is 23.2. The van der Waals surface area contributed by atoms with Gasteiger partial charge in [0.05, 0.1) is 28.6 Å². The molecule has 0 fully saturated rings. The summed E-state index contributed by atoms with van der Waals surface area (Å²) in [5, 5.41) is 2.34. The van der Waals surface area contributed by atoms with Crippen LogP contribution < -0.4 is 0 Å². The SMILES string of the molecule is c1ccc(-c2cccc(-c3cc(-c4cccnc4)nc(-c4ccc(-n5c6ccccc6c6ccncc65)nc4)c3)c2)cc1. The molecule has 0 aliphatic heterocycles. The molecule has 0 amide bonds. The van der Waals surface area contributed by atoms with Crippen LogP contribution in [0.1, 0.15) is 0 Å². The zero-order valence-corrected chi connectivity index (χ0v) is 23.2. The van der Waals surface area contributed by atoms with E-state index < -0.39 is 0 Å². The molecule has 0 radical (unpaired) electrons. The van der Waals surface area contributed by atoms with Gasteiger partial charge in [-0.3, -0.25) is 14.5 Å². The Bertz CT molecular complexity index is 2170. The van der Waals surface area contributed by atoms with Crippen molar-refractivity contribution in [3.05, 3.63) is 152 Å². The Kier molecular flexibility index (Phi) is 6.05. The van der Waals surface area contributed by atoms with Gasteiger partial charge >= 0.3 is 0 Å². The quantitative estimate of drug-likeness (QED) is 0.214. The summed E-state index contributed by atoms with van der Waals surface area (Å²) in [4.78, 5) is 18.8. The molecule has 0 N–H and O–H groups in total. The minimum Gasteiger partial charge on any atom is -0.292 e. The molecule has 0 saturated carbocycles. The molecular formula is C38H25N5. The van der Waals surface area contributed by atoms with Crippen LogP contribution in [0.2, 0.25) is 0 Å². The summed E-state index contributed by atoms with van der Waals surface area (Å²) in [5.41, 5.74) is 10.3. The highest BCUT2D eigenvalue weighted by atomic mass is 15.1. The Morgan fingerprint density at radius 3 is 1.91 bits per heavy atom. The second-order valence-electron chi connectivity index (χ2n) is 10.5. The van der Waals surface area contributed by atoms with Gasteiger partial charge in [0.2, 0.25) is 0 Å². The van der Waals surface area contributed by atoms with Crippen molar-refractivity contribution >= 4 is 21.8 Å². The molecule has 0 spiro atoms. The first-order valence-electron chi connectivity index (χ1n) is 14.2. The molecule has 5 aromatic heterocycles. The van der Waals surface area contributed by atoms with Crippen LogP contribution in [0.15, 0.2) is 152 Å². The number of benzene rings is 3. The van der Waals surface area contributed by atoms with Crippen LogP contribution in [0.25, 0.3) is 72.4 Å². The lowest BCUT2D eigenvalue weighted by Crippen LogP contribution is -1.98. The van der Waals surface area contributed by atoms with Gasteiger partial charge in [-0.2, -0.15) is 0 Å². The molecule has 0 unspecified atom stereocenters. The van der Waals surface area contributed by atoms with Gasteiger partial charge in [-0.05, 0) is 76.9 Å². The third kappa shape index (κ3) is 4.53. The molecular weight excluding hydrogens is 526 g/mol. The fraction of sp³-hybridized carbons (Fsp3) is 0. The third-order valence-corrected chi connectivity index (χ3v) is 7.83. The highest BCUT2D eigenvalue weighted by Crippen LogP contribution is 2.34. The van der Waals surface area contributed by atoms with Crippen molar-refractivity contribution in [2.45, 2.75) is 0 Å². The highest BCUT2D eigenvalue weighted by molar-refractivity contribution is 6.08. The lowest BCUT2D eigenvalue weighted by atomic mass is 9.97. The fourth-order valence-corrected chi connectivity index (χ4v) is 5.75. The van der Waals surface area contributed by atoms with E-state index in [1.165, 1.54) is 16.5 Å². The average molecular weight is 552 g/mol. The minimum absolute atomic E-state index is 0.835. The molecule has 202 valence electrons. The first-order valence-corrected chi connectivity index (χ1v) is 14.2. The smallest absolute Gasteiger partial charge is 0.137 e. The Labute approximate surface area is 248 Å². The summed E-state index contributed by atoms with van der Waals surface area (Å²) in [6.45, 7) is 0. The Morgan fingerprint density at radius 1 is 0.419 bits per heavy atom. The predicted molar refractivity (Wildman–Crippen MR) is 174 cm³/mol. The molecule has 5 heteroatoms. The van der Waals surface area contributed by atoms with E-state index >= 15 is 0 Å². The molecule has 0 bridgehead atoms. The summed E-state index contributed by atoms with van der Waals surface area (Å²) < 4.78 is 2.17. The first-order chi connectivity index (χ1) is 21.3. The van der Waals surface area contributed by atoms with Crippen molar-refractivity contribution in [1.29, 1.82) is 0 Å². The van der Waals surface area contributed by atoms with Crippen molar-refractivity contribution in [2.24, 2.45) is 0 Å². The first kappa shape index (κ1) is 24.8. The largest absolute Gasteiger partial charge is 0.292 e. The molecule has 0 atom stereocenters. The summed E-state index contributed by atoms with van der Waals surface area (Å²) in [6, 6.07) is 42.0. The normalized spacial score (nSPS) is 11.3. The zero-order chi connectivity index (χ0) is 28.6. The second kappa shape index (κ2) is 10.5. The molecule has 5 nitrogen and oxygen atoms in total. The van der Waals surface area contributed by atoms with Crippen molar-refractivity contribution in [3.63, 3.8) is 0 Å². The van der Waals surface area contributed by atoms with Crippen LogP contribution in [0.5, 0.6) is 0 Å². The van der Waals surface area contributed by atoms with Crippen LogP contribution in [0.4, 0.5) is 0 Å². The Balaban J connectivity index is 1.25. The van der Waals surface area contributed by atoms with Crippen molar-refractivity contribution in [3.8, 4) is 50.6 Å². The molecule has 5 heterocycles. The van der Waals surface area contributed by atoms with Gasteiger partial charge in [-0.1, -0.05) is 66.7 Å². The molecule has 8 rings (SSSR count). The maximum atomic E-state index is 5.08. The minimum atomic E-state index is 0.835. The number of para-hydroxylation sites is 1. The standard InChI is InChI=1S/C38H25N5/c1-2-8-26(9-3-1)27-10-6-11-28(20-27)31-21-34(29-12-7-18-39-23-29)42-35(22-31)30-15-16-38(41-24-30)43-36-14-5-4-13-32(36)33-17-19-40-25-37(33)43/h1-25H. The summed E-state index contributed by atoms with van der Waals surface area (Å²) in [5.74, 6) is 0.835. The van der Waals surface area contributed by atoms with Crippen molar-refractivity contribution in [2.75, 3.05) is 0 Å². The molecule has 8 aromatic rings. The molecule has 0 saturated heterocycles. The Hall–Kier alpha value is -5.94. The monoisotopic (exact) mass is 551 g/mol. The van der Waals surface area contributed by atoms with E-state index in [4.69, 9.17) is 9.97 Å². The topological polar surface area (TPSA) is 56.5 Å². The molecule has 0 aliphatic carbocycles. The maximum Gasteiger partial charge on any atom is 0.137 e. The average Bonchev–Trinajstić information content (AvgIpc) is 3.43. The van der Waals surface area contributed by atoms with Gasteiger partial charge in [0.15, 0.2) is 0 Å². The van der Waals surface area contributed by atoms with Crippen molar-refractivity contribution < 1.29 is 0 Å². The van der Waals surface area contributed by atoms with Gasteiger partial charge in [0.25, 0.3) is 0 Å². The molecule has 3 aromatic carbocycles. The van der Waals surface area contributed by atoms with Gasteiger partial charge in [-0.25, -0.2) is 9.97 Å². The van der Waals surface area contributed by atoms with Crippen LogP contribution in [-0.2, 0) is 0 Å². The van der Waals surface area contributed by atoms with E-state index in [0.29, 0.717) is 0 Å². The lowest BCUT2D eigenvalue weighted by molar-refractivity contribution is 1.07. The van der Waals surface area contributed by atoms with E-state index in [0.717, 1.165) is 55.9 Å². The number of hydrogen-bond donors (Lipinski definition) is 0. The highest BCUT2D eigenvalue weighted by Gasteiger charge is 2.14. The predicted octanol–water partition coefficient (Wildman–Crippen LogP) is 9.03. The lowest BCUT2D eigenvalue weighted by Gasteiger charge is -2.12. The third-order valence-electron chi connectivity index (χ3n) is 7.83. The second-order valence-corrected chi connectivity index (χ2v) is 10.5. The van der Waals surface area contributed by atoms with E-state index in [1.807, 2.05) is 43.0 Å². The summed E-state index contributed by atoms with van der Waals surface area (Å²) in [6.07, 6.45) is 9.29. The number of nitrogens with zero attached hydrogens (tertiary/aromatic N) is 5. The van der Waals surface area contributed by atoms with E-state index in [9.17, 15) is 0 Å². The van der Waals surface area contributed by atoms with E-state index in [1.54, 1.807) is 6.20 Å². The van der Waals surface area contributed by atoms with Crippen LogP contribution >= 0.6 is 0 Å². The Morgan fingerprint density at radius 2 is 1.12 bits per heavy atom. The van der Waals surface area contributed by atoms with Crippen LogP contribution in [-0.4, -0.2) is 24.5 Å². The summed E-state index contributed by atoms with van der Waals surface area (Å²) >= 11 is 0. The maximum absolute atomic E-state index is 5.08. The van der Waals surface area contributed by atoms with Gasteiger partial charge < -0.3 is 0 Å². The van der Waals surface area contributed by atoms with Crippen LogP contribution in [0, 0.1) is 0 Å². The van der Waals surface area contributed by atoms with Gasteiger partial charge in [0.1, 0.15) is 5.82 Å². The fourth-order valence-electron chi connectivity index (χ4n) is 5.75. The van der Waals surface area contributed by atoms with Gasteiger partial charge in [-0.15, -0.1) is 0 Å². The number of rotatable bonds is 5. The van der Waals surface area contributed by atoms with Crippen LogP contribution in [0.3, 0.4) is 0 Å². The van der Waals surface area contributed by atoms with Crippen molar-refractivity contribution in [1.82, 2.24) is 24.5 Å². The summed E-state index contributed by atoms with van der Waals surface area (Å²) in [7, 11) is 0.